The van der Waals surface area contributed by atoms with Crippen molar-refractivity contribution in [2.45, 2.75) is 13.3 Å². The lowest BCUT2D eigenvalue weighted by molar-refractivity contribution is -0.118. The molecule has 0 aliphatic carbocycles. The summed E-state index contributed by atoms with van der Waals surface area (Å²) in [6.07, 6.45) is 0.368. The number of nitrogens with zero attached hydrogens (tertiary/aromatic N) is 1. The van der Waals surface area contributed by atoms with Crippen LogP contribution in [-0.2, 0) is 11.2 Å². The molecule has 0 radical (unpaired) electrons. The Morgan fingerprint density at radius 3 is 2.64 bits per heavy atom. The van der Waals surface area contributed by atoms with Crippen LogP contribution in [0.25, 0.3) is 0 Å². The number of rotatable bonds is 5. The fourth-order valence-corrected chi connectivity index (χ4v) is 2.54. The van der Waals surface area contributed by atoms with Gasteiger partial charge in [0.15, 0.2) is 6.61 Å². The van der Waals surface area contributed by atoms with Crippen LogP contribution in [0.3, 0.4) is 0 Å². The summed E-state index contributed by atoms with van der Waals surface area (Å²) >= 11 is 2.23. The number of hydrogen-bond acceptors (Lipinski definition) is 3. The van der Waals surface area contributed by atoms with Crippen molar-refractivity contribution in [2.75, 3.05) is 11.9 Å². The van der Waals surface area contributed by atoms with E-state index in [4.69, 9.17) is 10.00 Å². The molecule has 2 aromatic carbocycles. The van der Waals surface area contributed by atoms with Crippen LogP contribution in [-0.4, -0.2) is 12.5 Å². The molecule has 0 atom stereocenters. The zero-order chi connectivity index (χ0) is 15.9. The number of amides is 1. The third-order valence-corrected chi connectivity index (χ3v) is 3.71. The SMILES string of the molecule is Cc1cc(I)ccc1NC(=O)COc1ccc(CC#N)cc1. The highest BCUT2D eigenvalue weighted by atomic mass is 127. The Labute approximate surface area is 143 Å². The molecule has 0 heterocycles. The number of nitrogens with one attached hydrogen (secondary N) is 1. The maximum absolute atomic E-state index is 11.9. The predicted octanol–water partition coefficient (Wildman–Crippen LogP) is 3.68. The van der Waals surface area contributed by atoms with Gasteiger partial charge in [-0.3, -0.25) is 4.79 Å². The minimum atomic E-state index is -0.203. The van der Waals surface area contributed by atoms with Gasteiger partial charge in [0.05, 0.1) is 12.5 Å². The maximum Gasteiger partial charge on any atom is 0.262 e. The first-order chi connectivity index (χ1) is 10.6. The number of ether oxygens (including phenoxy) is 1. The molecule has 1 amide bonds. The molecule has 22 heavy (non-hydrogen) atoms. The van der Waals surface area contributed by atoms with Gasteiger partial charge in [0.25, 0.3) is 5.91 Å². The summed E-state index contributed by atoms with van der Waals surface area (Å²) in [6, 6.07) is 15.1. The third-order valence-electron chi connectivity index (χ3n) is 3.04. The molecule has 112 valence electrons. The van der Waals surface area contributed by atoms with Gasteiger partial charge in [-0.15, -0.1) is 0 Å². The first-order valence-electron chi connectivity index (χ1n) is 6.73. The van der Waals surface area contributed by atoms with Crippen molar-refractivity contribution >= 4 is 34.2 Å². The van der Waals surface area contributed by atoms with E-state index in [1.165, 1.54) is 0 Å². The molecule has 4 nitrogen and oxygen atoms in total. The molecule has 0 saturated heterocycles. The molecular weight excluding hydrogens is 391 g/mol. The van der Waals surface area contributed by atoms with Gasteiger partial charge in [0.2, 0.25) is 0 Å². The molecule has 1 N–H and O–H groups in total. The highest BCUT2D eigenvalue weighted by Gasteiger charge is 2.06. The van der Waals surface area contributed by atoms with Gasteiger partial charge in [-0.1, -0.05) is 12.1 Å². The number of benzene rings is 2. The van der Waals surface area contributed by atoms with Crippen molar-refractivity contribution in [3.8, 4) is 11.8 Å². The van der Waals surface area contributed by atoms with E-state index in [0.717, 1.165) is 20.4 Å². The Morgan fingerprint density at radius 2 is 2.00 bits per heavy atom. The minimum absolute atomic E-state index is 0.0526. The van der Waals surface area contributed by atoms with Crippen LogP contribution in [0.5, 0.6) is 5.75 Å². The van der Waals surface area contributed by atoms with E-state index in [9.17, 15) is 4.79 Å². The quantitative estimate of drug-likeness (QED) is 0.771. The van der Waals surface area contributed by atoms with Crippen LogP contribution in [0.4, 0.5) is 5.69 Å². The molecule has 0 aliphatic heterocycles. The van der Waals surface area contributed by atoms with Crippen molar-refractivity contribution in [3.63, 3.8) is 0 Å². The number of anilines is 1. The zero-order valence-corrected chi connectivity index (χ0v) is 14.3. The molecular formula is C17H15IN2O2. The number of carbonyl (C=O) groups is 1. The first-order valence-corrected chi connectivity index (χ1v) is 7.81. The lowest BCUT2D eigenvalue weighted by Crippen LogP contribution is -2.20. The lowest BCUT2D eigenvalue weighted by Gasteiger charge is -2.10. The van der Waals surface area contributed by atoms with E-state index in [2.05, 4.69) is 34.0 Å². The summed E-state index contributed by atoms with van der Waals surface area (Å²) in [4.78, 5) is 11.9. The van der Waals surface area contributed by atoms with Gasteiger partial charge < -0.3 is 10.1 Å². The summed E-state index contributed by atoms with van der Waals surface area (Å²) in [5.74, 6) is 0.404. The predicted molar refractivity (Wildman–Crippen MR) is 93.8 cm³/mol. The number of aryl methyl sites for hydroxylation is 1. The molecule has 0 spiro atoms. The molecule has 0 saturated carbocycles. The lowest BCUT2D eigenvalue weighted by atomic mass is 10.2. The summed E-state index contributed by atoms with van der Waals surface area (Å²) < 4.78 is 6.57. The van der Waals surface area contributed by atoms with Crippen LogP contribution in [0.1, 0.15) is 11.1 Å². The second kappa shape index (κ2) is 7.80. The van der Waals surface area contributed by atoms with E-state index in [0.29, 0.717) is 12.2 Å². The monoisotopic (exact) mass is 406 g/mol. The van der Waals surface area contributed by atoms with E-state index in [1.807, 2.05) is 37.3 Å². The van der Waals surface area contributed by atoms with Crippen molar-refractivity contribution < 1.29 is 9.53 Å². The molecule has 0 unspecified atom stereocenters. The van der Waals surface area contributed by atoms with Gasteiger partial charge in [-0.25, -0.2) is 0 Å². The fraction of sp³-hybridized carbons (Fsp3) is 0.176. The molecule has 5 heteroatoms. The fourth-order valence-electron chi connectivity index (χ4n) is 1.90. The number of halogens is 1. The summed E-state index contributed by atoms with van der Waals surface area (Å²) in [5.41, 5.74) is 2.73. The van der Waals surface area contributed by atoms with Crippen LogP contribution >= 0.6 is 22.6 Å². The normalized spacial score (nSPS) is 9.86. The number of nitriles is 1. The summed E-state index contributed by atoms with van der Waals surface area (Å²) in [7, 11) is 0. The first kappa shape index (κ1) is 16.3. The highest BCUT2D eigenvalue weighted by molar-refractivity contribution is 14.1. The minimum Gasteiger partial charge on any atom is -0.484 e. The largest absolute Gasteiger partial charge is 0.484 e. The Kier molecular flexibility index (Phi) is 5.78. The van der Waals surface area contributed by atoms with Crippen molar-refractivity contribution in [1.29, 1.82) is 5.26 Å². The van der Waals surface area contributed by atoms with Crippen LogP contribution < -0.4 is 10.1 Å². The summed E-state index contributed by atoms with van der Waals surface area (Å²) in [6.45, 7) is 1.90. The molecule has 2 aromatic rings. The molecule has 0 bridgehead atoms. The third kappa shape index (κ3) is 4.74. The average Bonchev–Trinajstić information content (AvgIpc) is 2.50. The Balaban J connectivity index is 1.88. The van der Waals surface area contributed by atoms with Gasteiger partial charge in [-0.2, -0.15) is 5.26 Å². The van der Waals surface area contributed by atoms with Crippen LogP contribution in [0, 0.1) is 21.8 Å². The zero-order valence-electron chi connectivity index (χ0n) is 12.1. The summed E-state index contributed by atoms with van der Waals surface area (Å²) in [5, 5.41) is 11.4. The van der Waals surface area contributed by atoms with Gasteiger partial charge in [-0.05, 0) is 71.0 Å². The van der Waals surface area contributed by atoms with E-state index in [1.54, 1.807) is 12.1 Å². The van der Waals surface area contributed by atoms with Gasteiger partial charge >= 0.3 is 0 Å². The second-order valence-electron chi connectivity index (χ2n) is 4.77. The molecule has 0 aliphatic rings. The maximum atomic E-state index is 11.9. The van der Waals surface area contributed by atoms with Crippen molar-refractivity contribution in [2.24, 2.45) is 0 Å². The highest BCUT2D eigenvalue weighted by Crippen LogP contribution is 2.18. The molecule has 0 fully saturated rings. The van der Waals surface area contributed by atoms with Crippen molar-refractivity contribution in [3.05, 3.63) is 57.2 Å². The van der Waals surface area contributed by atoms with Crippen LogP contribution in [0.15, 0.2) is 42.5 Å². The smallest absolute Gasteiger partial charge is 0.262 e. The van der Waals surface area contributed by atoms with Gasteiger partial charge in [0, 0.05) is 9.26 Å². The molecule has 0 aromatic heterocycles. The Morgan fingerprint density at radius 1 is 1.27 bits per heavy atom. The van der Waals surface area contributed by atoms with Crippen molar-refractivity contribution in [1.82, 2.24) is 0 Å². The standard InChI is InChI=1S/C17H15IN2O2/c1-12-10-14(18)4-7-16(12)20-17(21)11-22-15-5-2-13(3-6-15)8-9-19/h2-7,10H,8,11H2,1H3,(H,20,21). The number of carbonyl (C=O) groups excluding carboxylic acids is 1. The molecule has 2 rings (SSSR count). The number of hydrogen-bond donors (Lipinski definition) is 1. The van der Waals surface area contributed by atoms with Gasteiger partial charge in [0.1, 0.15) is 5.75 Å². The average molecular weight is 406 g/mol. The van der Waals surface area contributed by atoms with E-state index in [-0.39, 0.29) is 12.5 Å². The van der Waals surface area contributed by atoms with E-state index < -0.39 is 0 Å². The topological polar surface area (TPSA) is 62.1 Å². The van der Waals surface area contributed by atoms with E-state index >= 15 is 0 Å². The van der Waals surface area contributed by atoms with Crippen LogP contribution in [0.2, 0.25) is 0 Å². The second-order valence-corrected chi connectivity index (χ2v) is 6.02. The Bertz CT molecular complexity index is 706. The Hall–Kier alpha value is -2.07.